The van der Waals surface area contributed by atoms with Crippen LogP contribution in [0, 0.1) is 5.92 Å². The number of hydrogen-bond donors (Lipinski definition) is 1. The molecular weight excluding hydrogens is 284 g/mol. The average molecular weight is 317 g/mol. The van der Waals surface area contributed by atoms with Crippen molar-refractivity contribution in [2.45, 2.75) is 76.8 Å². The van der Waals surface area contributed by atoms with Crippen LogP contribution in [0.1, 0.15) is 64.7 Å². The van der Waals surface area contributed by atoms with Crippen molar-refractivity contribution in [1.29, 1.82) is 0 Å². The van der Waals surface area contributed by atoms with Gasteiger partial charge in [-0.1, -0.05) is 32.6 Å². The summed E-state index contributed by atoms with van der Waals surface area (Å²) in [5, 5.41) is 3.81. The molecule has 0 aromatic rings. The minimum atomic E-state index is -3.00. The molecule has 21 heavy (non-hydrogen) atoms. The summed E-state index contributed by atoms with van der Waals surface area (Å²) in [6, 6.07) is 1.16. The second kappa shape index (κ2) is 7.93. The Labute approximate surface area is 130 Å². The first-order valence-electron chi connectivity index (χ1n) is 8.70. The van der Waals surface area contributed by atoms with Crippen molar-refractivity contribution in [1.82, 2.24) is 9.62 Å². The molecule has 0 amide bonds. The first-order valence-corrected chi connectivity index (χ1v) is 10.5. The summed E-state index contributed by atoms with van der Waals surface area (Å²) in [5.41, 5.74) is 0. The van der Waals surface area contributed by atoms with Crippen molar-refractivity contribution in [3.63, 3.8) is 0 Å². The molecule has 1 saturated heterocycles. The van der Waals surface area contributed by atoms with E-state index in [0.29, 0.717) is 25.2 Å². The topological polar surface area (TPSA) is 49.4 Å². The van der Waals surface area contributed by atoms with Gasteiger partial charge >= 0.3 is 0 Å². The predicted octanol–water partition coefficient (Wildman–Crippen LogP) is 2.75. The second-order valence-corrected chi connectivity index (χ2v) is 8.95. The van der Waals surface area contributed by atoms with Gasteiger partial charge in [0.2, 0.25) is 10.0 Å². The van der Waals surface area contributed by atoms with Crippen LogP contribution in [-0.4, -0.2) is 44.2 Å². The summed E-state index contributed by atoms with van der Waals surface area (Å²) in [5.74, 6) is 0.939. The van der Waals surface area contributed by atoms with Crippen LogP contribution in [0.2, 0.25) is 0 Å². The molecule has 2 fully saturated rings. The molecule has 2 rings (SSSR count). The van der Waals surface area contributed by atoms with E-state index in [9.17, 15) is 8.42 Å². The van der Waals surface area contributed by atoms with Gasteiger partial charge in [0.1, 0.15) is 0 Å². The molecule has 0 aromatic carbocycles. The van der Waals surface area contributed by atoms with E-state index in [2.05, 4.69) is 12.2 Å². The maximum Gasteiger partial charge on any atom is 0.211 e. The molecule has 1 saturated carbocycles. The van der Waals surface area contributed by atoms with Gasteiger partial charge in [0.25, 0.3) is 0 Å². The van der Waals surface area contributed by atoms with Crippen molar-refractivity contribution in [2.24, 2.45) is 5.92 Å². The zero-order chi connectivity index (χ0) is 15.3. The highest BCUT2D eigenvalue weighted by molar-refractivity contribution is 7.88. The number of nitrogens with zero attached hydrogens (tertiary/aromatic N) is 1. The van der Waals surface area contributed by atoms with Gasteiger partial charge in [-0.2, -0.15) is 0 Å². The number of nitrogens with one attached hydrogen (secondary N) is 1. The Bertz CT molecular complexity index is 403. The van der Waals surface area contributed by atoms with Crippen molar-refractivity contribution >= 4 is 10.0 Å². The molecular formula is C16H32N2O2S. The summed E-state index contributed by atoms with van der Waals surface area (Å²) in [4.78, 5) is 0. The normalized spacial score (nSPS) is 30.2. The van der Waals surface area contributed by atoms with E-state index in [1.165, 1.54) is 51.2 Å². The van der Waals surface area contributed by atoms with Gasteiger partial charge in [0, 0.05) is 25.2 Å². The lowest BCUT2D eigenvalue weighted by Crippen LogP contribution is -2.47. The maximum absolute atomic E-state index is 11.5. The Morgan fingerprint density at radius 2 is 1.67 bits per heavy atom. The molecule has 1 heterocycles. The van der Waals surface area contributed by atoms with Gasteiger partial charge in [0.15, 0.2) is 0 Å². The van der Waals surface area contributed by atoms with E-state index < -0.39 is 10.0 Å². The third kappa shape index (κ3) is 5.53. The van der Waals surface area contributed by atoms with E-state index in [1.807, 2.05) is 0 Å². The largest absolute Gasteiger partial charge is 0.311 e. The molecule has 0 aromatic heterocycles. The van der Waals surface area contributed by atoms with Gasteiger partial charge in [-0.15, -0.1) is 0 Å². The Kier molecular flexibility index (Phi) is 6.51. The van der Waals surface area contributed by atoms with Crippen LogP contribution in [0.4, 0.5) is 0 Å². The van der Waals surface area contributed by atoms with E-state index >= 15 is 0 Å². The van der Waals surface area contributed by atoms with Crippen molar-refractivity contribution in [2.75, 3.05) is 19.3 Å². The fourth-order valence-electron chi connectivity index (χ4n) is 3.93. The number of piperidine rings is 1. The van der Waals surface area contributed by atoms with Crippen LogP contribution >= 0.6 is 0 Å². The lowest BCUT2D eigenvalue weighted by atomic mass is 9.95. The minimum Gasteiger partial charge on any atom is -0.311 e. The summed E-state index contributed by atoms with van der Waals surface area (Å²) < 4.78 is 24.7. The highest BCUT2D eigenvalue weighted by Crippen LogP contribution is 2.27. The smallest absolute Gasteiger partial charge is 0.211 e. The Morgan fingerprint density at radius 3 is 2.29 bits per heavy atom. The highest BCUT2D eigenvalue weighted by atomic mass is 32.2. The summed E-state index contributed by atoms with van der Waals surface area (Å²) in [6.45, 7) is 3.65. The minimum absolute atomic E-state index is 0.510. The molecule has 2 atom stereocenters. The Morgan fingerprint density at radius 1 is 1.00 bits per heavy atom. The van der Waals surface area contributed by atoms with Crippen molar-refractivity contribution in [3.05, 3.63) is 0 Å². The van der Waals surface area contributed by atoms with E-state index in [1.54, 1.807) is 4.31 Å². The van der Waals surface area contributed by atoms with Gasteiger partial charge < -0.3 is 5.32 Å². The molecule has 5 heteroatoms. The molecule has 2 unspecified atom stereocenters. The van der Waals surface area contributed by atoms with E-state index in [-0.39, 0.29) is 0 Å². The van der Waals surface area contributed by atoms with Crippen LogP contribution in [0.25, 0.3) is 0 Å². The van der Waals surface area contributed by atoms with Crippen LogP contribution in [0.5, 0.6) is 0 Å². The number of rotatable bonds is 5. The van der Waals surface area contributed by atoms with Crippen molar-refractivity contribution < 1.29 is 8.42 Å². The molecule has 0 radical (unpaired) electrons. The molecule has 1 aliphatic carbocycles. The fraction of sp³-hybridized carbons (Fsp3) is 1.00. The lowest BCUT2D eigenvalue weighted by Gasteiger charge is -2.33. The van der Waals surface area contributed by atoms with Crippen molar-refractivity contribution in [3.8, 4) is 0 Å². The fourth-order valence-corrected chi connectivity index (χ4v) is 4.80. The van der Waals surface area contributed by atoms with Gasteiger partial charge in [-0.25, -0.2) is 12.7 Å². The molecule has 0 spiro atoms. The first-order chi connectivity index (χ1) is 9.99. The zero-order valence-electron chi connectivity index (χ0n) is 13.7. The molecule has 4 nitrogen and oxygen atoms in total. The molecule has 1 aliphatic heterocycles. The summed E-state index contributed by atoms with van der Waals surface area (Å²) in [6.07, 6.45) is 12.7. The molecule has 1 N–H and O–H groups in total. The van der Waals surface area contributed by atoms with Crippen LogP contribution in [0.3, 0.4) is 0 Å². The number of sulfonamides is 1. The Hall–Kier alpha value is -0.130. The van der Waals surface area contributed by atoms with Gasteiger partial charge in [0.05, 0.1) is 6.26 Å². The second-order valence-electron chi connectivity index (χ2n) is 6.96. The Balaban J connectivity index is 1.73. The lowest BCUT2D eigenvalue weighted by molar-refractivity contribution is 0.265. The first kappa shape index (κ1) is 17.2. The summed E-state index contributed by atoms with van der Waals surface area (Å²) in [7, 11) is -3.00. The number of hydrogen-bond acceptors (Lipinski definition) is 3. The third-order valence-electron chi connectivity index (χ3n) is 5.18. The van der Waals surface area contributed by atoms with E-state index in [0.717, 1.165) is 18.8 Å². The van der Waals surface area contributed by atoms with Crippen LogP contribution < -0.4 is 5.32 Å². The summed E-state index contributed by atoms with van der Waals surface area (Å²) >= 11 is 0. The standard InChI is InChI=1S/C16H32N2O2S/c1-3-5-14-6-4-7-15(9-8-14)17-16-10-12-18(13-11-16)21(2,19)20/h14-17H,3-13H2,1-2H3. The molecule has 124 valence electrons. The maximum atomic E-state index is 11.5. The molecule has 2 aliphatic rings. The highest BCUT2D eigenvalue weighted by Gasteiger charge is 2.27. The van der Waals surface area contributed by atoms with Gasteiger partial charge in [-0.3, -0.25) is 0 Å². The molecule has 0 bridgehead atoms. The monoisotopic (exact) mass is 316 g/mol. The average Bonchev–Trinajstić information content (AvgIpc) is 2.65. The zero-order valence-corrected chi connectivity index (χ0v) is 14.5. The quantitative estimate of drug-likeness (QED) is 0.794. The van der Waals surface area contributed by atoms with E-state index in [4.69, 9.17) is 0 Å². The van der Waals surface area contributed by atoms with Crippen LogP contribution in [-0.2, 0) is 10.0 Å². The SMILES string of the molecule is CCCC1CCCC(NC2CCN(S(C)(=O)=O)CC2)CC1. The van der Waals surface area contributed by atoms with Crippen LogP contribution in [0.15, 0.2) is 0 Å². The third-order valence-corrected chi connectivity index (χ3v) is 6.48. The van der Waals surface area contributed by atoms with Gasteiger partial charge in [-0.05, 0) is 38.0 Å². The predicted molar refractivity (Wildman–Crippen MR) is 87.8 cm³/mol.